The highest BCUT2D eigenvalue weighted by molar-refractivity contribution is 5.02. The summed E-state index contributed by atoms with van der Waals surface area (Å²) in [7, 11) is 0. The molecule has 0 aliphatic carbocycles. The van der Waals surface area contributed by atoms with Crippen molar-refractivity contribution < 1.29 is 50.0 Å². The summed E-state index contributed by atoms with van der Waals surface area (Å²) in [5, 5.41) is 66.9. The van der Waals surface area contributed by atoms with Gasteiger partial charge in [-0.25, -0.2) is 0 Å². The molecule has 10 heteroatoms. The van der Waals surface area contributed by atoms with Gasteiger partial charge in [0.25, 0.3) is 0 Å². The molecular weight excluding hydrogens is 328 g/mol. The van der Waals surface area contributed by atoms with Crippen molar-refractivity contribution in [2.24, 2.45) is 0 Å². The van der Waals surface area contributed by atoms with Gasteiger partial charge in [0.05, 0.1) is 45.2 Å². The van der Waals surface area contributed by atoms with E-state index in [4.69, 9.17) is 24.4 Å². The van der Waals surface area contributed by atoms with Crippen molar-refractivity contribution in [2.45, 2.75) is 54.7 Å². The summed E-state index contributed by atoms with van der Waals surface area (Å²) in [6, 6.07) is 0. The Balaban J connectivity index is 1.88. The Labute approximate surface area is 138 Å². The van der Waals surface area contributed by atoms with Crippen molar-refractivity contribution in [3.63, 3.8) is 0 Å². The van der Waals surface area contributed by atoms with Crippen molar-refractivity contribution in [3.8, 4) is 0 Å². The number of hydrogen-bond acceptors (Lipinski definition) is 10. The lowest BCUT2D eigenvalue weighted by Crippen LogP contribution is -2.52. The average Bonchev–Trinajstić information content (AvgIpc) is 2.83. The second kappa shape index (κ2) is 8.32. The van der Waals surface area contributed by atoms with Gasteiger partial charge in [-0.05, 0) is 0 Å². The smallest absolute Gasteiger partial charge is 0.143 e. The van der Waals surface area contributed by atoms with Crippen LogP contribution in [0.1, 0.15) is 6.42 Å². The van der Waals surface area contributed by atoms with E-state index in [9.17, 15) is 25.5 Å². The quantitative estimate of drug-likeness (QED) is 0.237. The third-order valence-electron chi connectivity index (χ3n) is 4.55. The molecule has 0 aromatic heterocycles. The number of ether oxygens (including phenoxy) is 3. The third-order valence-corrected chi connectivity index (χ3v) is 4.55. The molecule has 10 nitrogen and oxygen atoms in total. The van der Waals surface area contributed by atoms with Crippen LogP contribution in [0.5, 0.6) is 0 Å². The maximum atomic E-state index is 10.0. The molecule has 7 N–H and O–H groups in total. The zero-order valence-corrected chi connectivity index (χ0v) is 13.1. The van der Waals surface area contributed by atoms with E-state index in [-0.39, 0.29) is 19.6 Å². The third kappa shape index (κ3) is 3.88. The van der Waals surface area contributed by atoms with E-state index in [0.29, 0.717) is 0 Å². The largest absolute Gasteiger partial charge is 0.394 e. The van der Waals surface area contributed by atoms with Gasteiger partial charge in [0, 0.05) is 6.42 Å². The molecule has 2 rings (SSSR count). The Kier molecular flexibility index (Phi) is 6.90. The highest BCUT2D eigenvalue weighted by Gasteiger charge is 2.54. The predicted molar refractivity (Wildman–Crippen MR) is 77.0 cm³/mol. The fraction of sp³-hybridized carbons (Fsp3) is 1.00. The number of hydrogen-bond donors (Lipinski definition) is 7. The molecule has 4 unspecified atom stereocenters. The molecule has 0 bridgehead atoms. The molecule has 2 heterocycles. The summed E-state index contributed by atoms with van der Waals surface area (Å²) in [6.45, 7) is -1.93. The van der Waals surface area contributed by atoms with Crippen LogP contribution in [0.25, 0.3) is 0 Å². The summed E-state index contributed by atoms with van der Waals surface area (Å²) < 4.78 is 16.1. The van der Waals surface area contributed by atoms with Crippen LogP contribution in [-0.2, 0) is 14.2 Å². The molecule has 8 atom stereocenters. The summed E-state index contributed by atoms with van der Waals surface area (Å²) in [6.07, 6.45) is -7.51. The Morgan fingerprint density at radius 1 is 0.958 bits per heavy atom. The predicted octanol–water partition coefficient (Wildman–Crippen LogP) is -4.28. The number of aliphatic hydroxyl groups excluding tert-OH is 7. The van der Waals surface area contributed by atoms with Gasteiger partial charge in [-0.2, -0.15) is 0 Å². The van der Waals surface area contributed by atoms with Gasteiger partial charge < -0.3 is 50.0 Å². The molecule has 2 aliphatic heterocycles. The lowest BCUT2D eigenvalue weighted by Gasteiger charge is -2.37. The maximum absolute atomic E-state index is 10.0. The van der Waals surface area contributed by atoms with Crippen LogP contribution in [0.15, 0.2) is 0 Å². The molecule has 0 aromatic carbocycles. The van der Waals surface area contributed by atoms with E-state index in [2.05, 4.69) is 0 Å². The minimum absolute atomic E-state index is 0.0437. The molecule has 0 aromatic rings. The van der Waals surface area contributed by atoms with E-state index < -0.39 is 68.1 Å². The van der Waals surface area contributed by atoms with Crippen molar-refractivity contribution in [2.75, 3.05) is 33.0 Å². The first-order valence-corrected chi connectivity index (χ1v) is 7.84. The second-order valence-corrected chi connectivity index (χ2v) is 6.29. The standard InChI is InChI=1S/C14H26O10/c15-2-9-11(19)8(18)1-7(23-9)4-22-6-14(5-17)13(21)12(20)10(3-16)24-14/h7-13,15-21H,1-6H2/t7-,8?,9?,10+,11-,12?,13?,14-/m0/s1. The zero-order chi connectivity index (χ0) is 17.9. The molecule has 2 fully saturated rings. The zero-order valence-electron chi connectivity index (χ0n) is 13.1. The van der Waals surface area contributed by atoms with Crippen LogP contribution < -0.4 is 0 Å². The fourth-order valence-electron chi connectivity index (χ4n) is 3.06. The van der Waals surface area contributed by atoms with Crippen molar-refractivity contribution >= 4 is 0 Å². The molecule has 24 heavy (non-hydrogen) atoms. The van der Waals surface area contributed by atoms with Gasteiger partial charge in [0.2, 0.25) is 0 Å². The number of aliphatic hydroxyl groups is 7. The highest BCUT2D eigenvalue weighted by atomic mass is 16.6. The minimum atomic E-state index is -1.57. The van der Waals surface area contributed by atoms with Gasteiger partial charge in [0.1, 0.15) is 36.1 Å². The normalized spacial score (nSPS) is 46.4. The molecule has 0 amide bonds. The summed E-state index contributed by atoms with van der Waals surface area (Å²) in [5.41, 5.74) is -1.57. The van der Waals surface area contributed by atoms with E-state index in [1.54, 1.807) is 0 Å². The van der Waals surface area contributed by atoms with Crippen molar-refractivity contribution in [1.82, 2.24) is 0 Å². The summed E-state index contributed by atoms with van der Waals surface area (Å²) in [4.78, 5) is 0. The van der Waals surface area contributed by atoms with Crippen LogP contribution in [0.2, 0.25) is 0 Å². The van der Waals surface area contributed by atoms with Crippen LogP contribution in [-0.4, -0.2) is 117 Å². The lowest BCUT2D eigenvalue weighted by molar-refractivity contribution is -0.202. The first-order valence-electron chi connectivity index (χ1n) is 7.84. The SMILES string of the molecule is OCC1O[C@H](COC[C@]2(CO)O[C@H](CO)C(O)C2O)CC(O)[C@@H]1O. The lowest BCUT2D eigenvalue weighted by atomic mass is 9.96. The second-order valence-electron chi connectivity index (χ2n) is 6.29. The molecule has 2 saturated heterocycles. The Morgan fingerprint density at radius 3 is 2.17 bits per heavy atom. The van der Waals surface area contributed by atoms with Gasteiger partial charge in [-0.15, -0.1) is 0 Å². The first-order chi connectivity index (χ1) is 11.4. The summed E-state index contributed by atoms with van der Waals surface area (Å²) in [5.74, 6) is 0. The Bertz CT molecular complexity index is 396. The Hall–Kier alpha value is -0.400. The molecule has 0 radical (unpaired) electrons. The molecule has 0 spiro atoms. The van der Waals surface area contributed by atoms with Crippen molar-refractivity contribution in [3.05, 3.63) is 0 Å². The van der Waals surface area contributed by atoms with Gasteiger partial charge in [-0.1, -0.05) is 0 Å². The minimum Gasteiger partial charge on any atom is -0.394 e. The van der Waals surface area contributed by atoms with E-state index >= 15 is 0 Å². The van der Waals surface area contributed by atoms with Crippen molar-refractivity contribution in [1.29, 1.82) is 0 Å². The van der Waals surface area contributed by atoms with E-state index in [1.807, 2.05) is 0 Å². The van der Waals surface area contributed by atoms with Gasteiger partial charge >= 0.3 is 0 Å². The fourth-order valence-corrected chi connectivity index (χ4v) is 3.06. The first kappa shape index (κ1) is 19.9. The average molecular weight is 354 g/mol. The topological polar surface area (TPSA) is 169 Å². The van der Waals surface area contributed by atoms with Crippen LogP contribution in [0.4, 0.5) is 0 Å². The maximum Gasteiger partial charge on any atom is 0.143 e. The summed E-state index contributed by atoms with van der Waals surface area (Å²) >= 11 is 0. The van der Waals surface area contributed by atoms with E-state index in [1.165, 1.54) is 0 Å². The molecule has 0 saturated carbocycles. The van der Waals surface area contributed by atoms with E-state index in [0.717, 1.165) is 0 Å². The molecule has 142 valence electrons. The van der Waals surface area contributed by atoms with Gasteiger partial charge in [0.15, 0.2) is 0 Å². The van der Waals surface area contributed by atoms with Crippen LogP contribution in [0, 0.1) is 0 Å². The number of rotatable bonds is 7. The monoisotopic (exact) mass is 354 g/mol. The van der Waals surface area contributed by atoms with Gasteiger partial charge in [-0.3, -0.25) is 0 Å². The highest BCUT2D eigenvalue weighted by Crippen LogP contribution is 2.31. The molecule has 2 aliphatic rings. The van der Waals surface area contributed by atoms with Crippen LogP contribution >= 0.6 is 0 Å². The molecular formula is C14H26O10. The van der Waals surface area contributed by atoms with Crippen LogP contribution in [0.3, 0.4) is 0 Å². The Morgan fingerprint density at radius 2 is 1.62 bits per heavy atom.